The van der Waals surface area contributed by atoms with Crippen LogP contribution in [0.2, 0.25) is 0 Å². The standard InChI is InChI=1S/C15H14F3N5O2/c16-15(17,18)11-2-13(22-4-8-1-9(8)5-22)19-3-10(11)6-23-7-12(14(24)25)20-21-23/h2-3,7-9H,1,4-6H2,(H,24,25). The average Bonchev–Trinajstić information content (AvgIpc) is 2.96. The summed E-state index contributed by atoms with van der Waals surface area (Å²) >= 11 is 0. The van der Waals surface area contributed by atoms with Crippen molar-refractivity contribution < 1.29 is 23.1 Å². The van der Waals surface area contributed by atoms with Crippen LogP contribution in [0, 0.1) is 11.8 Å². The molecule has 1 N–H and O–H groups in total. The van der Waals surface area contributed by atoms with Gasteiger partial charge < -0.3 is 10.0 Å². The Balaban J connectivity index is 1.62. The van der Waals surface area contributed by atoms with E-state index in [1.54, 1.807) is 0 Å². The van der Waals surface area contributed by atoms with Crippen LogP contribution in [-0.4, -0.2) is 44.1 Å². The highest BCUT2D eigenvalue weighted by atomic mass is 19.4. The highest BCUT2D eigenvalue weighted by Crippen LogP contribution is 2.46. The van der Waals surface area contributed by atoms with Gasteiger partial charge >= 0.3 is 12.1 Å². The molecule has 132 valence electrons. The summed E-state index contributed by atoms with van der Waals surface area (Å²) in [5.74, 6) is 0.206. The van der Waals surface area contributed by atoms with Gasteiger partial charge in [-0.3, -0.25) is 0 Å². The van der Waals surface area contributed by atoms with E-state index in [4.69, 9.17) is 5.11 Å². The third-order valence-electron chi connectivity index (χ3n) is 4.67. The number of carboxylic acid groups (broad SMARTS) is 1. The minimum absolute atomic E-state index is 0.0811. The van der Waals surface area contributed by atoms with E-state index in [1.807, 2.05) is 4.90 Å². The fourth-order valence-electron chi connectivity index (χ4n) is 3.27. The van der Waals surface area contributed by atoms with Gasteiger partial charge in [0.15, 0.2) is 5.69 Å². The molecule has 1 aliphatic heterocycles. The molecule has 10 heteroatoms. The number of carbonyl (C=O) groups is 1. The van der Waals surface area contributed by atoms with Gasteiger partial charge in [0, 0.05) is 24.8 Å². The fraction of sp³-hybridized carbons (Fsp3) is 0.467. The number of halogens is 3. The summed E-state index contributed by atoms with van der Waals surface area (Å²) in [6.45, 7) is 1.24. The first-order chi connectivity index (χ1) is 11.8. The Bertz CT molecular complexity index is 825. The zero-order valence-electron chi connectivity index (χ0n) is 12.9. The van der Waals surface area contributed by atoms with Gasteiger partial charge in [0.05, 0.1) is 18.3 Å². The number of hydrogen-bond acceptors (Lipinski definition) is 5. The maximum absolute atomic E-state index is 13.5. The maximum Gasteiger partial charge on any atom is 0.416 e. The van der Waals surface area contributed by atoms with E-state index >= 15 is 0 Å². The summed E-state index contributed by atoms with van der Waals surface area (Å²) in [4.78, 5) is 16.9. The molecule has 1 saturated carbocycles. The summed E-state index contributed by atoms with van der Waals surface area (Å²) in [6.07, 6.45) is -1.11. The van der Waals surface area contributed by atoms with Crippen molar-refractivity contribution in [2.75, 3.05) is 18.0 Å². The Labute approximate surface area is 140 Å². The fourth-order valence-corrected chi connectivity index (χ4v) is 3.27. The number of carboxylic acids is 1. The lowest BCUT2D eigenvalue weighted by Crippen LogP contribution is -2.24. The minimum atomic E-state index is -4.54. The molecule has 0 bridgehead atoms. The molecule has 2 aromatic heterocycles. The molecule has 2 aromatic rings. The highest BCUT2D eigenvalue weighted by molar-refractivity contribution is 5.84. The predicted octanol–water partition coefficient (Wildman–Crippen LogP) is 1.89. The van der Waals surface area contributed by atoms with Crippen molar-refractivity contribution >= 4 is 11.8 Å². The number of piperidine rings is 1. The van der Waals surface area contributed by atoms with Gasteiger partial charge in [-0.25, -0.2) is 14.5 Å². The Morgan fingerprint density at radius 1 is 1.32 bits per heavy atom. The van der Waals surface area contributed by atoms with Crippen LogP contribution >= 0.6 is 0 Å². The number of alkyl halides is 3. The van der Waals surface area contributed by atoms with Crippen LogP contribution in [0.5, 0.6) is 0 Å². The van der Waals surface area contributed by atoms with Gasteiger partial charge in [-0.2, -0.15) is 13.2 Å². The van der Waals surface area contributed by atoms with E-state index < -0.39 is 17.7 Å². The smallest absolute Gasteiger partial charge is 0.416 e. The number of rotatable bonds is 4. The van der Waals surface area contributed by atoms with Crippen LogP contribution in [0.4, 0.5) is 19.0 Å². The largest absolute Gasteiger partial charge is 0.476 e. The van der Waals surface area contributed by atoms with Crippen LogP contribution in [0.3, 0.4) is 0 Å². The highest BCUT2D eigenvalue weighted by Gasteiger charge is 2.46. The van der Waals surface area contributed by atoms with E-state index in [0.717, 1.165) is 36.5 Å². The van der Waals surface area contributed by atoms with Crippen molar-refractivity contribution in [2.45, 2.75) is 19.1 Å². The molecule has 0 radical (unpaired) electrons. The third kappa shape index (κ3) is 3.03. The number of aromatic nitrogens is 4. The average molecular weight is 353 g/mol. The molecule has 0 spiro atoms. The predicted molar refractivity (Wildman–Crippen MR) is 79.1 cm³/mol. The molecular weight excluding hydrogens is 339 g/mol. The van der Waals surface area contributed by atoms with Crippen LogP contribution in [0.25, 0.3) is 0 Å². The summed E-state index contributed by atoms with van der Waals surface area (Å²) in [7, 11) is 0. The van der Waals surface area contributed by atoms with Gasteiger partial charge in [0.2, 0.25) is 0 Å². The van der Waals surface area contributed by atoms with E-state index in [2.05, 4.69) is 15.3 Å². The Hall–Kier alpha value is -2.65. The van der Waals surface area contributed by atoms with Gasteiger partial charge in [0.1, 0.15) is 5.82 Å². The molecule has 2 aliphatic rings. The number of anilines is 1. The monoisotopic (exact) mass is 353 g/mol. The van der Waals surface area contributed by atoms with E-state index in [1.165, 1.54) is 6.20 Å². The Morgan fingerprint density at radius 3 is 2.64 bits per heavy atom. The molecule has 25 heavy (non-hydrogen) atoms. The van der Waals surface area contributed by atoms with Crippen LogP contribution in [0.15, 0.2) is 18.5 Å². The second kappa shape index (κ2) is 5.43. The second-order valence-electron chi connectivity index (χ2n) is 6.46. The molecule has 2 unspecified atom stereocenters. The first kappa shape index (κ1) is 15.9. The molecule has 1 aliphatic carbocycles. The number of aromatic carboxylic acids is 1. The van der Waals surface area contributed by atoms with E-state index in [9.17, 15) is 18.0 Å². The molecule has 0 amide bonds. The summed E-state index contributed by atoms with van der Waals surface area (Å²) in [5, 5.41) is 15.8. The number of pyridine rings is 1. The van der Waals surface area contributed by atoms with E-state index in [0.29, 0.717) is 17.7 Å². The number of fused-ring (bicyclic) bond motifs is 1. The molecule has 2 fully saturated rings. The molecule has 2 atom stereocenters. The molecule has 0 aromatic carbocycles. The lowest BCUT2D eigenvalue weighted by Gasteiger charge is -2.21. The van der Waals surface area contributed by atoms with Crippen molar-refractivity contribution in [3.8, 4) is 0 Å². The Kier molecular flexibility index (Phi) is 3.44. The van der Waals surface area contributed by atoms with Gasteiger partial charge in [-0.05, 0) is 24.3 Å². The summed E-state index contributed by atoms with van der Waals surface area (Å²) in [5.41, 5.74) is -1.19. The van der Waals surface area contributed by atoms with Crippen LogP contribution < -0.4 is 4.90 Å². The molecule has 4 rings (SSSR count). The lowest BCUT2D eigenvalue weighted by atomic mass is 10.1. The Morgan fingerprint density at radius 2 is 2.04 bits per heavy atom. The first-order valence-corrected chi connectivity index (χ1v) is 7.76. The molecule has 1 saturated heterocycles. The van der Waals surface area contributed by atoms with Crippen LogP contribution in [0.1, 0.15) is 28.0 Å². The lowest BCUT2D eigenvalue weighted by molar-refractivity contribution is -0.138. The molecule has 7 nitrogen and oxygen atoms in total. The summed E-state index contributed by atoms with van der Waals surface area (Å²) in [6, 6.07) is 1.06. The molecule has 3 heterocycles. The number of hydrogen-bond donors (Lipinski definition) is 1. The van der Waals surface area contributed by atoms with Crippen LogP contribution in [-0.2, 0) is 12.7 Å². The van der Waals surface area contributed by atoms with Gasteiger partial charge in [-0.15, -0.1) is 5.10 Å². The topological polar surface area (TPSA) is 84.1 Å². The van der Waals surface area contributed by atoms with Crippen molar-refractivity contribution in [1.29, 1.82) is 0 Å². The SMILES string of the molecule is O=C(O)c1cn(Cc2cnc(N3CC4CC4C3)cc2C(F)(F)F)nn1. The number of nitrogens with zero attached hydrogens (tertiary/aromatic N) is 5. The van der Waals surface area contributed by atoms with Crippen molar-refractivity contribution in [2.24, 2.45) is 11.8 Å². The second-order valence-corrected chi connectivity index (χ2v) is 6.46. The quantitative estimate of drug-likeness (QED) is 0.904. The maximum atomic E-state index is 13.5. The molecular formula is C15H14F3N5O2. The summed E-state index contributed by atoms with van der Waals surface area (Å²) < 4.78 is 41.4. The van der Waals surface area contributed by atoms with Crippen molar-refractivity contribution in [1.82, 2.24) is 20.0 Å². The first-order valence-electron chi connectivity index (χ1n) is 7.76. The zero-order chi connectivity index (χ0) is 17.8. The van der Waals surface area contributed by atoms with Gasteiger partial charge in [0.25, 0.3) is 0 Å². The zero-order valence-corrected chi connectivity index (χ0v) is 12.9. The third-order valence-corrected chi connectivity index (χ3v) is 4.67. The van der Waals surface area contributed by atoms with Gasteiger partial charge in [-0.1, -0.05) is 5.21 Å². The van der Waals surface area contributed by atoms with Crippen molar-refractivity contribution in [3.05, 3.63) is 35.3 Å². The minimum Gasteiger partial charge on any atom is -0.476 e. The van der Waals surface area contributed by atoms with E-state index in [-0.39, 0.29) is 17.8 Å². The van der Waals surface area contributed by atoms with Crippen molar-refractivity contribution in [3.63, 3.8) is 0 Å². The normalized spacial score (nSPS) is 22.1.